The summed E-state index contributed by atoms with van der Waals surface area (Å²) in [5, 5.41) is 2.56. The fourth-order valence-electron chi connectivity index (χ4n) is 1.35. The Balaban J connectivity index is 1.90. The first-order valence-electron chi connectivity index (χ1n) is 5.15. The predicted molar refractivity (Wildman–Crippen MR) is 72.3 cm³/mol. The highest BCUT2D eigenvalue weighted by Crippen LogP contribution is 2.23. The van der Waals surface area contributed by atoms with Gasteiger partial charge in [-0.3, -0.25) is 0 Å². The Morgan fingerprint density at radius 2 is 2.29 bits per heavy atom. The van der Waals surface area contributed by atoms with Gasteiger partial charge >= 0.3 is 0 Å². The van der Waals surface area contributed by atoms with Gasteiger partial charge in [-0.2, -0.15) is 0 Å². The van der Waals surface area contributed by atoms with Gasteiger partial charge in [-0.1, -0.05) is 17.7 Å². The van der Waals surface area contributed by atoms with Gasteiger partial charge in [0.25, 0.3) is 0 Å². The van der Waals surface area contributed by atoms with Gasteiger partial charge in [-0.15, -0.1) is 22.9 Å². The second kappa shape index (κ2) is 6.24. The first-order valence-corrected chi connectivity index (χ1v) is 6.94. The molecule has 0 unspecified atom stereocenters. The van der Waals surface area contributed by atoms with Crippen LogP contribution in [0.2, 0.25) is 5.02 Å². The minimum Gasteiger partial charge on any atom is -0.476 e. The maximum Gasteiger partial charge on any atom is 0.232 e. The largest absolute Gasteiger partial charge is 0.476 e. The summed E-state index contributed by atoms with van der Waals surface area (Å²) in [7, 11) is 0. The Labute approximate surface area is 114 Å². The van der Waals surface area contributed by atoms with Crippen molar-refractivity contribution in [1.82, 2.24) is 4.98 Å². The highest BCUT2D eigenvalue weighted by atomic mass is 35.5. The highest BCUT2D eigenvalue weighted by Gasteiger charge is 2.04. The van der Waals surface area contributed by atoms with Crippen LogP contribution in [0.4, 0.5) is 0 Å². The summed E-state index contributed by atoms with van der Waals surface area (Å²) in [6.07, 6.45) is 2.55. The van der Waals surface area contributed by atoms with Crippen molar-refractivity contribution in [3.63, 3.8) is 0 Å². The Morgan fingerprint density at radius 1 is 1.41 bits per heavy atom. The molecule has 0 aliphatic carbocycles. The number of halogens is 2. The molecule has 0 amide bonds. The highest BCUT2D eigenvalue weighted by molar-refractivity contribution is 7.09. The zero-order chi connectivity index (χ0) is 12.1. The fraction of sp³-hybridized carbons (Fsp3) is 0.250. The summed E-state index contributed by atoms with van der Waals surface area (Å²) in [5.74, 6) is 0.874. The molecule has 2 heterocycles. The van der Waals surface area contributed by atoms with Crippen molar-refractivity contribution in [2.24, 2.45) is 0 Å². The monoisotopic (exact) mass is 287 g/mol. The molecular formula is C12H11Cl2NOS. The maximum atomic E-state index is 6.03. The number of rotatable bonds is 5. The number of aromatic nitrogens is 1. The van der Waals surface area contributed by atoms with E-state index in [0.29, 0.717) is 23.4 Å². The van der Waals surface area contributed by atoms with Crippen molar-refractivity contribution < 1.29 is 4.74 Å². The summed E-state index contributed by atoms with van der Waals surface area (Å²) in [6, 6.07) is 5.89. The number of nitrogens with zero attached hydrogens (tertiary/aromatic N) is 1. The zero-order valence-electron chi connectivity index (χ0n) is 9.03. The van der Waals surface area contributed by atoms with Crippen LogP contribution in [0.1, 0.15) is 10.4 Å². The van der Waals surface area contributed by atoms with Crippen LogP contribution in [0.25, 0.3) is 0 Å². The van der Waals surface area contributed by atoms with Crippen LogP contribution in [0.3, 0.4) is 0 Å². The van der Waals surface area contributed by atoms with Gasteiger partial charge < -0.3 is 4.74 Å². The molecule has 2 nitrogen and oxygen atoms in total. The van der Waals surface area contributed by atoms with Gasteiger partial charge in [0, 0.05) is 23.4 Å². The van der Waals surface area contributed by atoms with E-state index in [1.165, 1.54) is 4.88 Å². The third kappa shape index (κ3) is 3.60. The molecule has 2 aromatic rings. The third-order valence-electron chi connectivity index (χ3n) is 2.19. The lowest BCUT2D eigenvalue weighted by atomic mass is 10.3. The van der Waals surface area contributed by atoms with Crippen molar-refractivity contribution in [3.05, 3.63) is 45.2 Å². The second-order valence-corrected chi connectivity index (χ2v) is 5.15. The molecule has 0 aliphatic rings. The molecule has 17 heavy (non-hydrogen) atoms. The molecule has 0 aliphatic heterocycles. The summed E-state index contributed by atoms with van der Waals surface area (Å²) in [5.41, 5.74) is 0.891. The molecule has 90 valence electrons. The Kier molecular flexibility index (Phi) is 4.66. The molecule has 0 bridgehead atoms. The standard InChI is InChI=1S/C12H11Cl2NOS/c13-7-9-6-11(14)12(15-8-9)16-4-3-10-2-1-5-17-10/h1-2,5-6,8H,3-4,7H2. The predicted octanol–water partition coefficient (Wildman–Crippen LogP) is 4.16. The van der Waals surface area contributed by atoms with Crippen LogP contribution in [-0.2, 0) is 12.3 Å². The number of ether oxygens (including phenoxy) is 1. The average Bonchev–Trinajstić information content (AvgIpc) is 2.84. The van der Waals surface area contributed by atoms with Gasteiger partial charge in [-0.05, 0) is 23.1 Å². The number of thiophene rings is 1. The van der Waals surface area contributed by atoms with E-state index in [4.69, 9.17) is 27.9 Å². The molecule has 0 radical (unpaired) electrons. The van der Waals surface area contributed by atoms with E-state index in [2.05, 4.69) is 16.4 Å². The molecule has 0 aromatic carbocycles. The Morgan fingerprint density at radius 3 is 2.94 bits per heavy atom. The number of alkyl halides is 1. The topological polar surface area (TPSA) is 22.1 Å². The van der Waals surface area contributed by atoms with Crippen LogP contribution < -0.4 is 4.74 Å². The van der Waals surface area contributed by atoms with Crippen molar-refractivity contribution in [2.75, 3.05) is 6.61 Å². The van der Waals surface area contributed by atoms with Gasteiger partial charge in [0.1, 0.15) is 5.02 Å². The Hall–Kier alpha value is -0.770. The van der Waals surface area contributed by atoms with Gasteiger partial charge in [-0.25, -0.2) is 4.98 Å². The van der Waals surface area contributed by atoms with E-state index in [1.807, 2.05) is 6.07 Å². The van der Waals surface area contributed by atoms with Crippen LogP contribution in [-0.4, -0.2) is 11.6 Å². The number of pyridine rings is 1. The number of hydrogen-bond acceptors (Lipinski definition) is 3. The fourth-order valence-corrected chi connectivity index (χ4v) is 2.43. The van der Waals surface area contributed by atoms with Crippen LogP contribution in [0.15, 0.2) is 29.8 Å². The van der Waals surface area contributed by atoms with E-state index in [9.17, 15) is 0 Å². The van der Waals surface area contributed by atoms with E-state index in [0.717, 1.165) is 12.0 Å². The lowest BCUT2D eigenvalue weighted by molar-refractivity contribution is 0.310. The minimum atomic E-state index is 0.405. The molecule has 0 fully saturated rings. The molecule has 2 aromatic heterocycles. The first kappa shape index (κ1) is 12.7. The molecule has 2 rings (SSSR count). The van der Waals surface area contributed by atoms with Crippen molar-refractivity contribution in [1.29, 1.82) is 0 Å². The van der Waals surface area contributed by atoms with Gasteiger partial charge in [0.05, 0.1) is 6.61 Å². The Bertz CT molecular complexity index is 473. The van der Waals surface area contributed by atoms with E-state index >= 15 is 0 Å². The third-order valence-corrected chi connectivity index (χ3v) is 3.70. The molecule has 0 N–H and O–H groups in total. The van der Waals surface area contributed by atoms with Crippen molar-refractivity contribution in [2.45, 2.75) is 12.3 Å². The smallest absolute Gasteiger partial charge is 0.232 e. The molecule has 0 spiro atoms. The van der Waals surface area contributed by atoms with Gasteiger partial charge in [0.2, 0.25) is 5.88 Å². The average molecular weight is 288 g/mol. The van der Waals surface area contributed by atoms with Gasteiger partial charge in [0.15, 0.2) is 0 Å². The molecule has 5 heteroatoms. The SMILES string of the molecule is ClCc1cnc(OCCc2cccs2)c(Cl)c1. The minimum absolute atomic E-state index is 0.405. The molecular weight excluding hydrogens is 277 g/mol. The van der Waals surface area contributed by atoms with Crippen LogP contribution in [0.5, 0.6) is 5.88 Å². The van der Waals surface area contributed by atoms with Crippen molar-refractivity contribution >= 4 is 34.5 Å². The lowest BCUT2D eigenvalue weighted by Gasteiger charge is -2.06. The van der Waals surface area contributed by atoms with Crippen LogP contribution >= 0.6 is 34.5 Å². The first-order chi connectivity index (χ1) is 8.29. The molecule has 0 saturated heterocycles. The second-order valence-electron chi connectivity index (χ2n) is 3.44. The summed E-state index contributed by atoms with van der Waals surface area (Å²) in [6.45, 7) is 0.577. The zero-order valence-corrected chi connectivity index (χ0v) is 11.4. The van der Waals surface area contributed by atoms with E-state index in [-0.39, 0.29) is 0 Å². The summed E-state index contributed by atoms with van der Waals surface area (Å²) >= 11 is 13.4. The van der Waals surface area contributed by atoms with E-state index < -0.39 is 0 Å². The number of hydrogen-bond donors (Lipinski definition) is 0. The molecule has 0 atom stereocenters. The van der Waals surface area contributed by atoms with E-state index in [1.54, 1.807) is 23.6 Å². The summed E-state index contributed by atoms with van der Waals surface area (Å²) < 4.78 is 5.53. The van der Waals surface area contributed by atoms with Crippen molar-refractivity contribution in [3.8, 4) is 5.88 Å². The normalized spacial score (nSPS) is 10.5. The van der Waals surface area contributed by atoms with Crippen LogP contribution in [0, 0.1) is 0 Å². The maximum absolute atomic E-state index is 6.03. The summed E-state index contributed by atoms with van der Waals surface area (Å²) in [4.78, 5) is 5.42. The molecule has 0 saturated carbocycles. The lowest BCUT2D eigenvalue weighted by Crippen LogP contribution is -2.02. The quantitative estimate of drug-likeness (QED) is 0.771.